The first-order chi connectivity index (χ1) is 11.1. The number of pyridine rings is 1. The Morgan fingerprint density at radius 1 is 0.913 bits per heavy atom. The number of hydrogen-bond acceptors (Lipinski definition) is 2. The van der Waals surface area contributed by atoms with Crippen LogP contribution in [-0.4, -0.2) is 12.1 Å². The second-order valence-corrected chi connectivity index (χ2v) is 6.27. The minimum Gasteiger partial charge on any atom is -0.497 e. The van der Waals surface area contributed by atoms with Crippen molar-refractivity contribution in [1.29, 1.82) is 0 Å². The summed E-state index contributed by atoms with van der Waals surface area (Å²) in [5, 5.41) is 0.502. The van der Waals surface area contributed by atoms with Gasteiger partial charge in [-0.05, 0) is 57.2 Å². The van der Waals surface area contributed by atoms with Crippen LogP contribution in [0, 0.1) is 6.92 Å². The van der Waals surface area contributed by atoms with E-state index in [0.29, 0.717) is 5.15 Å². The van der Waals surface area contributed by atoms with Crippen LogP contribution in [0.25, 0.3) is 22.3 Å². The Morgan fingerprint density at radius 2 is 1.52 bits per heavy atom. The van der Waals surface area contributed by atoms with Crippen molar-refractivity contribution in [2.45, 2.75) is 6.92 Å². The van der Waals surface area contributed by atoms with E-state index < -0.39 is 0 Å². The van der Waals surface area contributed by atoms with Gasteiger partial charge in [-0.2, -0.15) is 0 Å². The quantitative estimate of drug-likeness (QED) is 0.502. The maximum Gasteiger partial charge on any atom is 0.133 e. The standard InChI is InChI=1S/C19H15BrClNO/c1-12-16(14-8-10-15(23-2)11-9-14)17(18(20)22-19(12)21)13-6-4-3-5-7-13/h3-11H,1-2H3. The Kier molecular flexibility index (Phi) is 4.69. The van der Waals surface area contributed by atoms with Crippen LogP contribution >= 0.6 is 27.5 Å². The number of hydrogen-bond donors (Lipinski definition) is 0. The normalized spacial score (nSPS) is 10.6. The zero-order chi connectivity index (χ0) is 16.4. The molecule has 0 aliphatic rings. The van der Waals surface area contributed by atoms with E-state index in [0.717, 1.165) is 38.2 Å². The van der Waals surface area contributed by atoms with Crippen molar-refractivity contribution in [3.8, 4) is 28.0 Å². The first-order valence-corrected chi connectivity index (χ1v) is 8.34. The number of methoxy groups -OCH3 is 1. The van der Waals surface area contributed by atoms with Crippen LogP contribution in [-0.2, 0) is 0 Å². The topological polar surface area (TPSA) is 22.1 Å². The van der Waals surface area contributed by atoms with Crippen LogP contribution < -0.4 is 4.74 Å². The average Bonchev–Trinajstić information content (AvgIpc) is 2.59. The van der Waals surface area contributed by atoms with E-state index in [1.54, 1.807) is 7.11 Å². The lowest BCUT2D eigenvalue weighted by molar-refractivity contribution is 0.415. The molecule has 0 aliphatic heterocycles. The Morgan fingerprint density at radius 3 is 2.13 bits per heavy atom. The fraction of sp³-hybridized carbons (Fsp3) is 0.105. The number of ether oxygens (including phenoxy) is 1. The van der Waals surface area contributed by atoms with Crippen molar-refractivity contribution in [1.82, 2.24) is 4.98 Å². The lowest BCUT2D eigenvalue weighted by atomic mass is 9.93. The van der Waals surface area contributed by atoms with Crippen LogP contribution in [0.1, 0.15) is 5.56 Å². The van der Waals surface area contributed by atoms with Gasteiger partial charge in [0.05, 0.1) is 7.11 Å². The first-order valence-electron chi connectivity index (χ1n) is 7.17. The van der Waals surface area contributed by atoms with Gasteiger partial charge in [-0.25, -0.2) is 4.98 Å². The molecular weight excluding hydrogens is 374 g/mol. The zero-order valence-corrected chi connectivity index (χ0v) is 15.1. The molecule has 0 radical (unpaired) electrons. The number of benzene rings is 2. The van der Waals surface area contributed by atoms with Gasteiger partial charge in [-0.1, -0.05) is 54.1 Å². The highest BCUT2D eigenvalue weighted by atomic mass is 79.9. The van der Waals surface area contributed by atoms with E-state index in [2.05, 4.69) is 33.0 Å². The molecule has 0 aliphatic carbocycles. The molecule has 0 amide bonds. The summed E-state index contributed by atoms with van der Waals surface area (Å²) in [4.78, 5) is 4.43. The van der Waals surface area contributed by atoms with Gasteiger partial charge in [-0.3, -0.25) is 0 Å². The Balaban J connectivity index is 2.29. The summed E-state index contributed by atoms with van der Waals surface area (Å²) in [6.07, 6.45) is 0. The van der Waals surface area contributed by atoms with Gasteiger partial charge >= 0.3 is 0 Å². The van der Waals surface area contributed by atoms with Gasteiger partial charge in [0.25, 0.3) is 0 Å². The Bertz CT molecular complexity index is 832. The fourth-order valence-electron chi connectivity index (χ4n) is 2.61. The van der Waals surface area contributed by atoms with Crippen molar-refractivity contribution in [2.24, 2.45) is 0 Å². The third-order valence-electron chi connectivity index (χ3n) is 3.78. The van der Waals surface area contributed by atoms with Crippen LogP contribution in [0.5, 0.6) is 5.75 Å². The second-order valence-electron chi connectivity index (χ2n) is 5.16. The van der Waals surface area contributed by atoms with Gasteiger partial charge in [0, 0.05) is 5.56 Å². The van der Waals surface area contributed by atoms with E-state index in [9.17, 15) is 0 Å². The number of halogens is 2. The first kappa shape index (κ1) is 16.0. The van der Waals surface area contributed by atoms with E-state index in [1.165, 1.54) is 0 Å². The molecule has 4 heteroatoms. The summed E-state index contributed by atoms with van der Waals surface area (Å²) < 4.78 is 5.99. The summed E-state index contributed by atoms with van der Waals surface area (Å²) in [7, 11) is 1.66. The lowest BCUT2D eigenvalue weighted by Crippen LogP contribution is -1.95. The maximum absolute atomic E-state index is 6.32. The van der Waals surface area contributed by atoms with Gasteiger partial charge < -0.3 is 4.74 Å². The summed E-state index contributed by atoms with van der Waals surface area (Å²) in [5.41, 5.74) is 5.24. The highest BCUT2D eigenvalue weighted by molar-refractivity contribution is 9.10. The number of nitrogens with zero attached hydrogens (tertiary/aromatic N) is 1. The van der Waals surface area contributed by atoms with Crippen LogP contribution in [0.15, 0.2) is 59.2 Å². The molecule has 3 rings (SSSR count). The maximum atomic E-state index is 6.32. The molecule has 0 fully saturated rings. The lowest BCUT2D eigenvalue weighted by Gasteiger charge is -2.16. The summed E-state index contributed by atoms with van der Waals surface area (Å²) >= 11 is 9.90. The number of aromatic nitrogens is 1. The highest BCUT2D eigenvalue weighted by Crippen LogP contribution is 2.41. The minimum atomic E-state index is 0.502. The highest BCUT2D eigenvalue weighted by Gasteiger charge is 2.18. The number of rotatable bonds is 3. The molecule has 0 spiro atoms. The van der Waals surface area contributed by atoms with Crippen molar-refractivity contribution in [3.05, 3.63) is 69.9 Å². The molecule has 3 aromatic rings. The van der Waals surface area contributed by atoms with Crippen molar-refractivity contribution >= 4 is 27.5 Å². The van der Waals surface area contributed by atoms with Gasteiger partial charge in [-0.15, -0.1) is 0 Å². The zero-order valence-electron chi connectivity index (χ0n) is 12.8. The second kappa shape index (κ2) is 6.73. The molecule has 0 saturated carbocycles. The van der Waals surface area contributed by atoms with Gasteiger partial charge in [0.15, 0.2) is 0 Å². The Hall–Kier alpha value is -1.84. The smallest absolute Gasteiger partial charge is 0.133 e. The van der Waals surface area contributed by atoms with E-state index in [4.69, 9.17) is 16.3 Å². The molecule has 23 heavy (non-hydrogen) atoms. The van der Waals surface area contributed by atoms with Crippen molar-refractivity contribution in [2.75, 3.05) is 7.11 Å². The molecule has 0 saturated heterocycles. The summed E-state index contributed by atoms with van der Waals surface area (Å²) in [6.45, 7) is 1.99. The SMILES string of the molecule is COc1ccc(-c2c(C)c(Cl)nc(Br)c2-c2ccccc2)cc1. The molecular formula is C19H15BrClNO. The van der Waals surface area contributed by atoms with E-state index in [1.807, 2.05) is 49.4 Å². The molecule has 1 aromatic heterocycles. The molecule has 116 valence electrons. The monoisotopic (exact) mass is 387 g/mol. The largest absolute Gasteiger partial charge is 0.497 e. The van der Waals surface area contributed by atoms with Gasteiger partial charge in [0.1, 0.15) is 15.5 Å². The molecule has 0 bridgehead atoms. The van der Waals surface area contributed by atoms with Crippen molar-refractivity contribution < 1.29 is 4.74 Å². The van der Waals surface area contributed by atoms with E-state index >= 15 is 0 Å². The molecule has 2 nitrogen and oxygen atoms in total. The summed E-state index contributed by atoms with van der Waals surface area (Å²) in [6, 6.07) is 18.2. The molecule has 1 heterocycles. The molecule has 0 unspecified atom stereocenters. The molecule has 2 aromatic carbocycles. The van der Waals surface area contributed by atoms with Gasteiger partial charge in [0.2, 0.25) is 0 Å². The van der Waals surface area contributed by atoms with E-state index in [-0.39, 0.29) is 0 Å². The van der Waals surface area contributed by atoms with Crippen LogP contribution in [0.4, 0.5) is 0 Å². The van der Waals surface area contributed by atoms with Crippen LogP contribution in [0.3, 0.4) is 0 Å². The minimum absolute atomic E-state index is 0.502. The fourth-order valence-corrected chi connectivity index (χ4v) is 3.49. The average molecular weight is 389 g/mol. The predicted octanol–water partition coefficient (Wildman–Crippen LogP) is 6.15. The Labute approximate surface area is 149 Å². The predicted molar refractivity (Wildman–Crippen MR) is 99.1 cm³/mol. The third kappa shape index (κ3) is 3.12. The molecule has 0 atom stereocenters. The summed E-state index contributed by atoms with van der Waals surface area (Å²) in [5.74, 6) is 0.826. The third-order valence-corrected chi connectivity index (χ3v) is 4.72. The molecule has 0 N–H and O–H groups in total. The van der Waals surface area contributed by atoms with Crippen molar-refractivity contribution in [3.63, 3.8) is 0 Å². The van der Waals surface area contributed by atoms with Crippen LogP contribution in [0.2, 0.25) is 5.15 Å².